The molecular weight excluding hydrogens is 267 g/mol. The van der Waals surface area contributed by atoms with Crippen LogP contribution in [0.4, 0.5) is 30.5 Å². The first kappa shape index (κ1) is 14.9. The van der Waals surface area contributed by atoms with Crippen molar-refractivity contribution in [2.45, 2.75) is 13.1 Å². The molecule has 106 valence electrons. The molecule has 0 amide bonds. The van der Waals surface area contributed by atoms with Crippen LogP contribution in [0, 0.1) is 10.1 Å². The fourth-order valence-electron chi connectivity index (χ4n) is 1.50. The summed E-state index contributed by atoms with van der Waals surface area (Å²) in [5.41, 5.74) is -0.573. The highest BCUT2D eigenvalue weighted by Crippen LogP contribution is 2.32. The zero-order valence-electron chi connectivity index (χ0n) is 10.2. The van der Waals surface area contributed by atoms with E-state index in [4.69, 9.17) is 0 Å². The van der Waals surface area contributed by atoms with Gasteiger partial charge in [-0.3, -0.25) is 10.1 Å². The van der Waals surface area contributed by atoms with Crippen LogP contribution >= 0.6 is 0 Å². The zero-order valence-corrected chi connectivity index (χ0v) is 10.2. The molecule has 1 aromatic rings. The second-order valence-electron chi connectivity index (χ2n) is 3.53. The van der Waals surface area contributed by atoms with Gasteiger partial charge in [-0.25, -0.2) is 9.97 Å². The lowest BCUT2D eigenvalue weighted by Crippen LogP contribution is -2.35. The van der Waals surface area contributed by atoms with E-state index in [1.165, 1.54) is 14.0 Å². The lowest BCUT2D eigenvalue weighted by Gasteiger charge is -2.23. The minimum atomic E-state index is -4.48. The van der Waals surface area contributed by atoms with Gasteiger partial charge in [-0.1, -0.05) is 0 Å². The number of hydrogen-bond donors (Lipinski definition) is 1. The second-order valence-corrected chi connectivity index (χ2v) is 3.53. The van der Waals surface area contributed by atoms with Gasteiger partial charge in [0.25, 0.3) is 0 Å². The maximum Gasteiger partial charge on any atom is 0.405 e. The first-order valence-corrected chi connectivity index (χ1v) is 5.29. The van der Waals surface area contributed by atoms with E-state index in [1.807, 2.05) is 0 Å². The van der Waals surface area contributed by atoms with Crippen LogP contribution in [0.3, 0.4) is 0 Å². The molecule has 0 spiro atoms. The Balaban J connectivity index is 3.27. The molecule has 0 unspecified atom stereocenters. The number of alkyl halides is 3. The SMILES string of the molecule is CCN(CC(F)(F)F)c1ncnc(NC)c1[N+](=O)[O-]. The number of anilines is 2. The topological polar surface area (TPSA) is 84.2 Å². The number of nitro groups is 1. The molecule has 1 heterocycles. The predicted octanol–water partition coefficient (Wildman–Crippen LogP) is 1.82. The molecule has 1 N–H and O–H groups in total. The van der Waals surface area contributed by atoms with E-state index in [1.54, 1.807) is 0 Å². The number of rotatable bonds is 5. The van der Waals surface area contributed by atoms with Crippen molar-refractivity contribution in [3.05, 3.63) is 16.4 Å². The molecule has 19 heavy (non-hydrogen) atoms. The molecule has 0 aliphatic heterocycles. The number of aromatic nitrogens is 2. The van der Waals surface area contributed by atoms with Crippen LogP contribution in [0.5, 0.6) is 0 Å². The molecule has 0 aliphatic rings. The first-order chi connectivity index (χ1) is 8.80. The number of halogens is 3. The van der Waals surface area contributed by atoms with Gasteiger partial charge in [0.1, 0.15) is 12.9 Å². The van der Waals surface area contributed by atoms with E-state index >= 15 is 0 Å². The Morgan fingerprint density at radius 2 is 2.11 bits per heavy atom. The highest BCUT2D eigenvalue weighted by Gasteiger charge is 2.34. The van der Waals surface area contributed by atoms with Gasteiger partial charge in [0.05, 0.1) is 4.92 Å². The van der Waals surface area contributed by atoms with Gasteiger partial charge in [0.15, 0.2) is 0 Å². The Morgan fingerprint density at radius 1 is 1.47 bits per heavy atom. The predicted molar refractivity (Wildman–Crippen MR) is 62.2 cm³/mol. The average Bonchev–Trinajstić information content (AvgIpc) is 2.33. The highest BCUT2D eigenvalue weighted by atomic mass is 19.4. The zero-order chi connectivity index (χ0) is 14.6. The van der Waals surface area contributed by atoms with Crippen molar-refractivity contribution in [3.63, 3.8) is 0 Å². The van der Waals surface area contributed by atoms with Crippen LogP contribution in [0.2, 0.25) is 0 Å². The third-order valence-electron chi connectivity index (χ3n) is 2.27. The molecule has 0 radical (unpaired) electrons. The summed E-state index contributed by atoms with van der Waals surface area (Å²) < 4.78 is 37.3. The minimum Gasteiger partial charge on any atom is -0.367 e. The van der Waals surface area contributed by atoms with Crippen molar-refractivity contribution in [3.8, 4) is 0 Å². The summed E-state index contributed by atoms with van der Waals surface area (Å²) in [6.45, 7) is 0.0711. The van der Waals surface area contributed by atoms with Gasteiger partial charge in [0.2, 0.25) is 11.6 Å². The van der Waals surface area contributed by atoms with Gasteiger partial charge in [-0.2, -0.15) is 13.2 Å². The van der Waals surface area contributed by atoms with Crippen molar-refractivity contribution in [1.29, 1.82) is 0 Å². The maximum absolute atomic E-state index is 12.4. The van der Waals surface area contributed by atoms with Crippen molar-refractivity contribution >= 4 is 17.3 Å². The standard InChI is InChI=1S/C9H12F3N5O2/c1-3-16(4-9(10,11)12)8-6(17(18)19)7(13-2)14-5-15-8/h5H,3-4H2,1-2H3,(H,13,14,15). The molecule has 0 aliphatic carbocycles. The molecule has 0 atom stereocenters. The number of nitrogens with zero attached hydrogens (tertiary/aromatic N) is 4. The summed E-state index contributed by atoms with van der Waals surface area (Å²) in [6.07, 6.45) is -3.50. The summed E-state index contributed by atoms with van der Waals surface area (Å²) in [5.74, 6) is -0.486. The van der Waals surface area contributed by atoms with E-state index in [0.717, 1.165) is 11.2 Å². The Morgan fingerprint density at radius 3 is 2.53 bits per heavy atom. The summed E-state index contributed by atoms with van der Waals surface area (Å²) in [7, 11) is 1.39. The Kier molecular flexibility index (Phi) is 4.46. The van der Waals surface area contributed by atoms with Crippen LogP contribution < -0.4 is 10.2 Å². The summed E-state index contributed by atoms with van der Waals surface area (Å²) >= 11 is 0. The highest BCUT2D eigenvalue weighted by molar-refractivity contribution is 5.70. The normalized spacial score (nSPS) is 11.2. The van der Waals surface area contributed by atoms with Gasteiger partial charge >= 0.3 is 11.9 Å². The Hall–Kier alpha value is -2.13. The summed E-state index contributed by atoms with van der Waals surface area (Å²) in [5, 5.41) is 13.4. The Bertz CT molecular complexity index is 466. The second kappa shape index (κ2) is 5.67. The molecule has 0 bridgehead atoms. The molecule has 1 rings (SSSR count). The van der Waals surface area contributed by atoms with Gasteiger partial charge < -0.3 is 10.2 Å². The third kappa shape index (κ3) is 3.66. The molecule has 0 saturated carbocycles. The quantitative estimate of drug-likeness (QED) is 0.653. The molecule has 7 nitrogen and oxygen atoms in total. The lowest BCUT2D eigenvalue weighted by molar-refractivity contribution is -0.383. The largest absolute Gasteiger partial charge is 0.405 e. The molecule has 0 aromatic carbocycles. The Labute approximate surface area is 106 Å². The molecule has 1 aromatic heterocycles. The molecule has 0 fully saturated rings. The summed E-state index contributed by atoms with van der Waals surface area (Å²) in [6, 6.07) is 0. The van der Waals surface area contributed by atoms with E-state index in [0.29, 0.717) is 0 Å². The van der Waals surface area contributed by atoms with Crippen molar-refractivity contribution < 1.29 is 18.1 Å². The molecular formula is C9H12F3N5O2. The van der Waals surface area contributed by atoms with Gasteiger partial charge in [0, 0.05) is 13.6 Å². The van der Waals surface area contributed by atoms with E-state index < -0.39 is 23.3 Å². The molecule has 10 heteroatoms. The van der Waals surface area contributed by atoms with Crippen LogP contribution in [-0.4, -0.2) is 41.2 Å². The van der Waals surface area contributed by atoms with Crippen molar-refractivity contribution in [1.82, 2.24) is 9.97 Å². The third-order valence-corrected chi connectivity index (χ3v) is 2.27. The minimum absolute atomic E-state index is 0.0689. The van der Waals surface area contributed by atoms with Gasteiger partial charge in [-0.15, -0.1) is 0 Å². The van der Waals surface area contributed by atoms with E-state index in [2.05, 4.69) is 15.3 Å². The summed E-state index contributed by atoms with van der Waals surface area (Å²) in [4.78, 5) is 18.2. The lowest BCUT2D eigenvalue weighted by atomic mass is 10.3. The van der Waals surface area contributed by atoms with Crippen molar-refractivity contribution in [2.75, 3.05) is 30.4 Å². The molecule has 0 saturated heterocycles. The maximum atomic E-state index is 12.4. The van der Waals surface area contributed by atoms with Crippen LogP contribution in [0.15, 0.2) is 6.33 Å². The number of nitrogens with one attached hydrogen (secondary N) is 1. The van der Waals surface area contributed by atoms with Gasteiger partial charge in [-0.05, 0) is 6.92 Å². The fraction of sp³-hybridized carbons (Fsp3) is 0.556. The van der Waals surface area contributed by atoms with Crippen LogP contribution in [0.1, 0.15) is 6.92 Å². The van der Waals surface area contributed by atoms with E-state index in [-0.39, 0.29) is 18.2 Å². The fourth-order valence-corrected chi connectivity index (χ4v) is 1.50. The average molecular weight is 279 g/mol. The van der Waals surface area contributed by atoms with Crippen molar-refractivity contribution in [2.24, 2.45) is 0 Å². The van der Waals surface area contributed by atoms with Crippen LogP contribution in [0.25, 0.3) is 0 Å². The van der Waals surface area contributed by atoms with E-state index in [9.17, 15) is 23.3 Å². The van der Waals surface area contributed by atoms with Crippen LogP contribution in [-0.2, 0) is 0 Å². The smallest absolute Gasteiger partial charge is 0.367 e. The monoisotopic (exact) mass is 279 g/mol. The first-order valence-electron chi connectivity index (χ1n) is 5.29. The number of hydrogen-bond acceptors (Lipinski definition) is 6.